The molecule has 1 fully saturated rings. The van der Waals surface area contributed by atoms with Crippen molar-refractivity contribution < 1.29 is 14.6 Å². The Kier molecular flexibility index (Phi) is 3.81. The second kappa shape index (κ2) is 5.33. The van der Waals surface area contributed by atoms with Gasteiger partial charge in [-0.25, -0.2) is 0 Å². The van der Waals surface area contributed by atoms with Crippen LogP contribution in [0, 0.1) is 0 Å². The van der Waals surface area contributed by atoms with Gasteiger partial charge in [0.05, 0.1) is 25.9 Å². The SMILES string of the molecule is COc1cccc(C(=S)N2CCOCC2)c1O. The van der Waals surface area contributed by atoms with Gasteiger partial charge in [0.2, 0.25) is 0 Å². The molecule has 1 aliphatic rings. The fraction of sp³-hybridized carbons (Fsp3) is 0.417. The smallest absolute Gasteiger partial charge is 0.168 e. The molecule has 4 nitrogen and oxygen atoms in total. The molecule has 0 atom stereocenters. The molecule has 1 aliphatic heterocycles. The van der Waals surface area contributed by atoms with E-state index in [0.717, 1.165) is 13.1 Å². The van der Waals surface area contributed by atoms with Crippen LogP contribution < -0.4 is 4.74 Å². The van der Waals surface area contributed by atoms with Crippen molar-refractivity contribution >= 4 is 17.2 Å². The first-order valence-corrected chi connectivity index (χ1v) is 5.88. The fourth-order valence-electron chi connectivity index (χ4n) is 1.80. The van der Waals surface area contributed by atoms with Gasteiger partial charge in [-0.05, 0) is 12.1 Å². The minimum atomic E-state index is 0.103. The van der Waals surface area contributed by atoms with Crippen LogP contribution in [0.5, 0.6) is 11.5 Å². The first-order valence-electron chi connectivity index (χ1n) is 5.47. The Bertz CT molecular complexity index is 416. The maximum absolute atomic E-state index is 10.0. The van der Waals surface area contributed by atoms with Gasteiger partial charge in [0, 0.05) is 13.1 Å². The number of methoxy groups -OCH3 is 1. The molecule has 0 aromatic heterocycles. The highest BCUT2D eigenvalue weighted by Gasteiger charge is 2.19. The van der Waals surface area contributed by atoms with E-state index in [9.17, 15) is 5.11 Å². The Morgan fingerprint density at radius 3 is 2.76 bits per heavy atom. The number of morpholine rings is 1. The molecular weight excluding hydrogens is 238 g/mol. The first-order chi connectivity index (χ1) is 8.24. The summed E-state index contributed by atoms with van der Waals surface area (Å²) in [6, 6.07) is 5.33. The number of para-hydroxylation sites is 1. The number of ether oxygens (including phenoxy) is 2. The number of hydrogen-bond acceptors (Lipinski definition) is 4. The lowest BCUT2D eigenvalue weighted by atomic mass is 10.1. The summed E-state index contributed by atoms with van der Waals surface area (Å²) in [7, 11) is 1.52. The lowest BCUT2D eigenvalue weighted by molar-refractivity contribution is 0.0692. The van der Waals surface area contributed by atoms with Crippen LogP contribution in [0.3, 0.4) is 0 Å². The summed E-state index contributed by atoms with van der Waals surface area (Å²) >= 11 is 5.39. The normalized spacial score (nSPS) is 15.7. The number of rotatable bonds is 2. The number of thiocarbonyl (C=S) groups is 1. The molecule has 0 aliphatic carbocycles. The van der Waals surface area contributed by atoms with Gasteiger partial charge in [0.1, 0.15) is 4.99 Å². The maximum Gasteiger partial charge on any atom is 0.168 e. The Hall–Kier alpha value is -1.33. The van der Waals surface area contributed by atoms with Crippen molar-refractivity contribution in [3.05, 3.63) is 23.8 Å². The van der Waals surface area contributed by atoms with Crippen molar-refractivity contribution in [3.8, 4) is 11.5 Å². The van der Waals surface area contributed by atoms with Crippen molar-refractivity contribution in [1.82, 2.24) is 4.90 Å². The highest BCUT2D eigenvalue weighted by molar-refractivity contribution is 7.80. The molecule has 17 heavy (non-hydrogen) atoms. The van der Waals surface area contributed by atoms with Crippen LogP contribution in [0.4, 0.5) is 0 Å². The first kappa shape index (κ1) is 12.1. The number of phenolic OH excluding ortho intramolecular Hbond substituents is 1. The molecule has 1 aromatic carbocycles. The topological polar surface area (TPSA) is 41.9 Å². The quantitative estimate of drug-likeness (QED) is 0.807. The van der Waals surface area contributed by atoms with Crippen LogP contribution in [-0.2, 0) is 4.74 Å². The molecule has 5 heteroatoms. The van der Waals surface area contributed by atoms with Crippen LogP contribution in [0.2, 0.25) is 0 Å². The molecule has 1 N–H and O–H groups in total. The summed E-state index contributed by atoms with van der Waals surface area (Å²) in [5, 5.41) is 10.0. The molecule has 0 amide bonds. The van der Waals surface area contributed by atoms with Crippen LogP contribution in [0.1, 0.15) is 5.56 Å². The molecule has 0 radical (unpaired) electrons. The maximum atomic E-state index is 10.0. The predicted molar refractivity (Wildman–Crippen MR) is 68.8 cm³/mol. The summed E-state index contributed by atoms with van der Waals surface area (Å²) in [6.45, 7) is 2.86. The number of hydrogen-bond donors (Lipinski definition) is 1. The van der Waals surface area contributed by atoms with Crippen molar-refractivity contribution in [1.29, 1.82) is 0 Å². The van der Waals surface area contributed by atoms with E-state index >= 15 is 0 Å². The Labute approximate surface area is 106 Å². The lowest BCUT2D eigenvalue weighted by Crippen LogP contribution is -2.40. The van der Waals surface area contributed by atoms with E-state index in [1.807, 2.05) is 11.0 Å². The third-order valence-corrected chi connectivity index (χ3v) is 3.23. The number of nitrogens with zero attached hydrogens (tertiary/aromatic N) is 1. The Balaban J connectivity index is 2.23. The number of aromatic hydroxyl groups is 1. The van der Waals surface area contributed by atoms with Crippen LogP contribution in [-0.4, -0.2) is 48.4 Å². The average molecular weight is 253 g/mol. The summed E-state index contributed by atoms with van der Waals surface area (Å²) in [5.41, 5.74) is 0.640. The second-order valence-corrected chi connectivity index (χ2v) is 4.15. The van der Waals surface area contributed by atoms with E-state index in [2.05, 4.69) is 0 Å². The summed E-state index contributed by atoms with van der Waals surface area (Å²) in [4.78, 5) is 2.68. The summed E-state index contributed by atoms with van der Waals surface area (Å²) in [5.74, 6) is 0.546. The molecule has 0 saturated carbocycles. The highest BCUT2D eigenvalue weighted by Crippen LogP contribution is 2.30. The second-order valence-electron chi connectivity index (χ2n) is 3.76. The van der Waals surface area contributed by atoms with Crippen molar-refractivity contribution in [3.63, 3.8) is 0 Å². The molecule has 2 rings (SSSR count). The van der Waals surface area contributed by atoms with E-state index in [1.54, 1.807) is 12.1 Å². The van der Waals surface area contributed by atoms with Gasteiger partial charge < -0.3 is 19.5 Å². The molecule has 0 spiro atoms. The van der Waals surface area contributed by atoms with E-state index in [4.69, 9.17) is 21.7 Å². The van der Waals surface area contributed by atoms with Crippen LogP contribution in [0.15, 0.2) is 18.2 Å². The van der Waals surface area contributed by atoms with Gasteiger partial charge in [0.15, 0.2) is 11.5 Å². The van der Waals surface area contributed by atoms with Gasteiger partial charge in [-0.3, -0.25) is 0 Å². The largest absolute Gasteiger partial charge is 0.504 e. The minimum Gasteiger partial charge on any atom is -0.504 e. The van der Waals surface area contributed by atoms with Crippen LogP contribution in [0.25, 0.3) is 0 Å². The molecule has 1 aromatic rings. The number of benzene rings is 1. The summed E-state index contributed by atoms with van der Waals surface area (Å²) in [6.07, 6.45) is 0. The Morgan fingerprint density at radius 1 is 1.41 bits per heavy atom. The van der Waals surface area contributed by atoms with E-state index < -0.39 is 0 Å². The van der Waals surface area contributed by atoms with Gasteiger partial charge >= 0.3 is 0 Å². The van der Waals surface area contributed by atoms with Gasteiger partial charge in [-0.1, -0.05) is 18.3 Å². The van der Waals surface area contributed by atoms with Crippen molar-refractivity contribution in [2.75, 3.05) is 33.4 Å². The lowest BCUT2D eigenvalue weighted by Gasteiger charge is -2.29. The Morgan fingerprint density at radius 2 is 2.12 bits per heavy atom. The van der Waals surface area contributed by atoms with E-state index in [1.165, 1.54) is 7.11 Å². The standard InChI is InChI=1S/C12H15NO3S/c1-15-10-4-2-3-9(11(10)14)12(17)13-5-7-16-8-6-13/h2-4,14H,5-8H2,1H3. The third kappa shape index (κ3) is 2.50. The zero-order valence-electron chi connectivity index (χ0n) is 9.68. The zero-order chi connectivity index (χ0) is 12.3. The molecule has 1 saturated heterocycles. The van der Waals surface area contributed by atoms with E-state index in [0.29, 0.717) is 29.5 Å². The molecule has 0 unspecified atom stereocenters. The van der Waals surface area contributed by atoms with E-state index in [-0.39, 0.29) is 5.75 Å². The molecule has 0 bridgehead atoms. The highest BCUT2D eigenvalue weighted by atomic mass is 32.1. The van der Waals surface area contributed by atoms with Gasteiger partial charge in [0.25, 0.3) is 0 Å². The fourth-order valence-corrected chi connectivity index (χ4v) is 2.14. The molecule has 1 heterocycles. The predicted octanol–water partition coefficient (Wildman–Crippen LogP) is 1.41. The monoisotopic (exact) mass is 253 g/mol. The van der Waals surface area contributed by atoms with Crippen molar-refractivity contribution in [2.24, 2.45) is 0 Å². The van der Waals surface area contributed by atoms with Gasteiger partial charge in [-0.2, -0.15) is 0 Å². The average Bonchev–Trinajstić information content (AvgIpc) is 2.39. The van der Waals surface area contributed by atoms with Gasteiger partial charge in [-0.15, -0.1) is 0 Å². The molecular formula is C12H15NO3S. The minimum absolute atomic E-state index is 0.103. The summed E-state index contributed by atoms with van der Waals surface area (Å²) < 4.78 is 10.3. The van der Waals surface area contributed by atoms with Crippen molar-refractivity contribution in [2.45, 2.75) is 0 Å². The molecule has 92 valence electrons. The third-order valence-electron chi connectivity index (χ3n) is 2.75. The number of phenols is 1. The van der Waals surface area contributed by atoms with Crippen LogP contribution >= 0.6 is 12.2 Å². The zero-order valence-corrected chi connectivity index (χ0v) is 10.5.